The van der Waals surface area contributed by atoms with Crippen LogP contribution in [0.2, 0.25) is 0 Å². The molecule has 0 radical (unpaired) electrons. The number of nitrogens with zero attached hydrogens (tertiary/aromatic N) is 3. The van der Waals surface area contributed by atoms with Crippen molar-refractivity contribution in [2.45, 2.75) is 0 Å². The van der Waals surface area contributed by atoms with E-state index in [2.05, 4.69) is 180 Å². The molecule has 0 atom stereocenters. The van der Waals surface area contributed by atoms with E-state index < -0.39 is 0 Å². The smallest absolute Gasteiger partial charge is 0.0788 e. The van der Waals surface area contributed by atoms with Gasteiger partial charge in [-0.15, -0.1) is 0 Å². The molecule has 0 spiro atoms. The van der Waals surface area contributed by atoms with Crippen LogP contribution in [-0.2, 0) is 0 Å². The summed E-state index contributed by atoms with van der Waals surface area (Å²) in [5.41, 5.74) is 12.9. The Morgan fingerprint density at radius 2 is 0.902 bits per heavy atom. The van der Waals surface area contributed by atoms with Crippen molar-refractivity contribution >= 4 is 43.5 Å². The lowest BCUT2D eigenvalue weighted by atomic mass is 9.98. The van der Waals surface area contributed by atoms with E-state index in [9.17, 15) is 0 Å². The number of hydrogen-bond donors (Lipinski definition) is 0. The molecule has 10 aromatic rings. The van der Waals surface area contributed by atoms with Gasteiger partial charge in [-0.05, 0) is 65.0 Å². The van der Waals surface area contributed by atoms with Gasteiger partial charge in [0, 0.05) is 43.9 Å². The highest BCUT2D eigenvalue weighted by molar-refractivity contribution is 6.20. The van der Waals surface area contributed by atoms with Gasteiger partial charge in [0.1, 0.15) is 0 Å². The third-order valence-corrected chi connectivity index (χ3v) is 9.94. The van der Waals surface area contributed by atoms with Crippen LogP contribution in [0.15, 0.2) is 188 Å². The highest BCUT2D eigenvalue weighted by Gasteiger charge is 2.18. The summed E-state index contributed by atoms with van der Waals surface area (Å²) in [5, 5.41) is 5.96. The summed E-state index contributed by atoms with van der Waals surface area (Å²) < 4.78 is 2.41. The van der Waals surface area contributed by atoms with Crippen LogP contribution >= 0.6 is 0 Å². The third kappa shape index (κ3) is 4.98. The van der Waals surface area contributed by atoms with Gasteiger partial charge < -0.3 is 4.57 Å². The quantitative estimate of drug-likeness (QED) is 0.174. The fraction of sp³-hybridized carbons (Fsp3) is 0. The molecule has 3 nitrogen and oxygen atoms in total. The first kappa shape index (κ1) is 29.1. The number of hydrogen-bond acceptors (Lipinski definition) is 2. The third-order valence-electron chi connectivity index (χ3n) is 9.94. The van der Waals surface area contributed by atoms with Crippen LogP contribution in [0.25, 0.3) is 94.1 Å². The van der Waals surface area contributed by atoms with Gasteiger partial charge in [-0.1, -0.05) is 140 Å². The lowest BCUT2D eigenvalue weighted by Crippen LogP contribution is -1.96. The van der Waals surface area contributed by atoms with Crippen LogP contribution in [0.5, 0.6) is 0 Å². The van der Waals surface area contributed by atoms with E-state index >= 15 is 0 Å². The molecule has 10 rings (SSSR count). The summed E-state index contributed by atoms with van der Waals surface area (Å²) in [7, 11) is 0. The summed E-state index contributed by atoms with van der Waals surface area (Å²) in [4.78, 5) is 10.4. The molecule has 0 bridgehead atoms. The van der Waals surface area contributed by atoms with E-state index in [1.165, 1.54) is 21.7 Å². The Kier molecular flexibility index (Phi) is 6.81. The van der Waals surface area contributed by atoms with Gasteiger partial charge in [0.05, 0.1) is 33.6 Å². The maximum atomic E-state index is 5.24. The number of para-hydroxylation sites is 2. The molecule has 238 valence electrons. The predicted octanol–water partition coefficient (Wildman–Crippen LogP) is 12.5. The second-order valence-corrected chi connectivity index (χ2v) is 13.0. The number of aromatic nitrogens is 3. The lowest BCUT2D eigenvalue weighted by Gasteiger charge is -2.14. The minimum Gasteiger partial charge on any atom is -0.309 e. The number of benzene rings is 7. The fourth-order valence-corrected chi connectivity index (χ4v) is 7.54. The monoisotopic (exact) mass is 649 g/mol. The first-order valence-electron chi connectivity index (χ1n) is 17.3. The molecule has 0 amide bonds. The fourth-order valence-electron chi connectivity index (χ4n) is 7.54. The summed E-state index contributed by atoms with van der Waals surface area (Å²) in [5.74, 6) is 0. The molecule has 0 fully saturated rings. The molecular weight excluding hydrogens is 619 g/mol. The van der Waals surface area contributed by atoms with Crippen molar-refractivity contribution < 1.29 is 0 Å². The van der Waals surface area contributed by atoms with Gasteiger partial charge >= 0.3 is 0 Å². The van der Waals surface area contributed by atoms with Crippen LogP contribution in [-0.4, -0.2) is 14.5 Å². The average molecular weight is 650 g/mol. The van der Waals surface area contributed by atoms with E-state index in [4.69, 9.17) is 9.97 Å². The number of rotatable bonds is 5. The van der Waals surface area contributed by atoms with Crippen LogP contribution in [0.3, 0.4) is 0 Å². The maximum absolute atomic E-state index is 5.24. The zero-order valence-electron chi connectivity index (χ0n) is 27.7. The summed E-state index contributed by atoms with van der Waals surface area (Å²) in [6, 6.07) is 66.7. The molecule has 3 heterocycles. The van der Waals surface area contributed by atoms with Gasteiger partial charge in [-0.25, -0.2) is 9.97 Å². The molecule has 3 heteroatoms. The van der Waals surface area contributed by atoms with Gasteiger partial charge in [-0.3, -0.25) is 0 Å². The second kappa shape index (κ2) is 11.9. The molecule has 0 saturated heterocycles. The Morgan fingerprint density at radius 1 is 0.314 bits per heavy atom. The largest absolute Gasteiger partial charge is 0.309 e. The lowest BCUT2D eigenvalue weighted by molar-refractivity contribution is 1.18. The minimum absolute atomic E-state index is 0.953. The Morgan fingerprint density at radius 3 is 1.61 bits per heavy atom. The van der Waals surface area contributed by atoms with Crippen LogP contribution in [0, 0.1) is 0 Å². The maximum Gasteiger partial charge on any atom is 0.0788 e. The summed E-state index contributed by atoms with van der Waals surface area (Å²) in [6.45, 7) is 0. The number of pyridine rings is 2. The van der Waals surface area contributed by atoms with Crippen molar-refractivity contribution in [2.24, 2.45) is 0 Å². The first-order chi connectivity index (χ1) is 25.3. The molecule has 0 N–H and O–H groups in total. The highest BCUT2D eigenvalue weighted by Crippen LogP contribution is 2.40. The van der Waals surface area contributed by atoms with Crippen molar-refractivity contribution in [3.63, 3.8) is 0 Å². The second-order valence-electron chi connectivity index (χ2n) is 13.0. The van der Waals surface area contributed by atoms with E-state index in [1.54, 1.807) is 0 Å². The normalized spacial score (nSPS) is 11.5. The van der Waals surface area contributed by atoms with E-state index in [0.717, 1.165) is 72.4 Å². The molecule has 0 aliphatic heterocycles. The van der Waals surface area contributed by atoms with Gasteiger partial charge in [0.2, 0.25) is 0 Å². The van der Waals surface area contributed by atoms with Crippen molar-refractivity contribution in [1.29, 1.82) is 0 Å². The molecule has 0 saturated carbocycles. The van der Waals surface area contributed by atoms with E-state index in [0.29, 0.717) is 0 Å². The SMILES string of the molecule is c1ccc(-c2cc(-c3cccc(-n4c5ccccc5c5cc6c(cc54)c(-c4ccccc4)nc4ccccc46)c3)cc(-c3ccccc3)n2)cc1. The van der Waals surface area contributed by atoms with Crippen LogP contribution < -0.4 is 0 Å². The molecular formula is C48H31N3. The molecule has 7 aromatic carbocycles. The minimum atomic E-state index is 0.953. The zero-order chi connectivity index (χ0) is 33.7. The Labute approximate surface area is 295 Å². The van der Waals surface area contributed by atoms with Crippen molar-refractivity contribution in [3.05, 3.63) is 188 Å². The number of fused-ring (bicyclic) bond motifs is 6. The Hall–Kier alpha value is -6.84. The molecule has 51 heavy (non-hydrogen) atoms. The van der Waals surface area contributed by atoms with Crippen LogP contribution in [0.1, 0.15) is 0 Å². The summed E-state index contributed by atoms with van der Waals surface area (Å²) >= 11 is 0. The van der Waals surface area contributed by atoms with E-state index in [-0.39, 0.29) is 0 Å². The van der Waals surface area contributed by atoms with Crippen molar-refractivity contribution in [2.75, 3.05) is 0 Å². The standard InChI is InChI=1S/C48H31N3/c1-4-15-32(16-5-1)44-28-36(29-45(49-44)33-17-6-2-7-18-33)35-21-14-22-37(27-35)51-46-26-13-11-24-39(46)41-30-40-38-23-10-12-25-43(38)50-48(42(40)31-47(41)51)34-19-8-3-9-20-34/h1-31H. The van der Waals surface area contributed by atoms with Gasteiger partial charge in [0.25, 0.3) is 0 Å². The van der Waals surface area contributed by atoms with Gasteiger partial charge in [-0.2, -0.15) is 0 Å². The molecule has 0 aliphatic carbocycles. The molecule has 0 unspecified atom stereocenters. The zero-order valence-corrected chi connectivity index (χ0v) is 27.7. The first-order valence-corrected chi connectivity index (χ1v) is 17.3. The predicted molar refractivity (Wildman–Crippen MR) is 213 cm³/mol. The average Bonchev–Trinajstić information content (AvgIpc) is 3.54. The van der Waals surface area contributed by atoms with E-state index in [1.807, 2.05) is 12.1 Å². The summed E-state index contributed by atoms with van der Waals surface area (Å²) in [6.07, 6.45) is 0. The Balaban J connectivity index is 1.22. The molecule has 3 aromatic heterocycles. The molecule has 0 aliphatic rings. The van der Waals surface area contributed by atoms with Crippen molar-refractivity contribution in [1.82, 2.24) is 14.5 Å². The highest BCUT2D eigenvalue weighted by atomic mass is 15.0. The van der Waals surface area contributed by atoms with Crippen molar-refractivity contribution in [3.8, 4) is 50.6 Å². The van der Waals surface area contributed by atoms with Crippen LogP contribution in [0.4, 0.5) is 0 Å². The topological polar surface area (TPSA) is 30.7 Å². The Bertz CT molecular complexity index is 2830. The van der Waals surface area contributed by atoms with Gasteiger partial charge in [0.15, 0.2) is 0 Å².